The molecule has 0 fully saturated rings. The smallest absolute Gasteiger partial charge is 0.434 e. The standard InChI is InChI=1S/C24H24F4N2O3S/c1-16-6-5-7-19(12-16)33-15-18-13-17(9-10-21(18)25)20-14-29-22(30-23(20)24(26,27)28)8-3-4-11-34(2,31)32/h5-7,9-10,12-14H,3-4,8,11,15H2,1-2H3. The molecule has 0 unspecified atom stereocenters. The van der Waals surface area contributed by atoms with Crippen molar-refractivity contribution in [2.75, 3.05) is 12.0 Å². The molecular weight excluding hydrogens is 472 g/mol. The molecule has 0 saturated carbocycles. The lowest BCUT2D eigenvalue weighted by Crippen LogP contribution is -2.13. The molecule has 3 rings (SSSR count). The fourth-order valence-electron chi connectivity index (χ4n) is 3.33. The quantitative estimate of drug-likeness (QED) is 0.287. The Morgan fingerprint density at radius 3 is 2.50 bits per heavy atom. The molecule has 5 nitrogen and oxygen atoms in total. The minimum Gasteiger partial charge on any atom is -0.489 e. The molecule has 10 heteroatoms. The van der Waals surface area contributed by atoms with Gasteiger partial charge in [0.15, 0.2) is 5.69 Å². The summed E-state index contributed by atoms with van der Waals surface area (Å²) in [7, 11) is -3.15. The van der Waals surface area contributed by atoms with E-state index in [-0.39, 0.29) is 41.3 Å². The van der Waals surface area contributed by atoms with Crippen molar-refractivity contribution in [2.24, 2.45) is 0 Å². The average molecular weight is 497 g/mol. The summed E-state index contributed by atoms with van der Waals surface area (Å²) in [6.45, 7) is 1.71. The number of unbranched alkanes of at least 4 members (excludes halogenated alkanes) is 1. The van der Waals surface area contributed by atoms with E-state index in [1.165, 1.54) is 12.1 Å². The van der Waals surface area contributed by atoms with Gasteiger partial charge in [-0.05, 0) is 55.2 Å². The zero-order valence-corrected chi connectivity index (χ0v) is 19.5. The van der Waals surface area contributed by atoms with Gasteiger partial charge in [0.05, 0.1) is 0 Å². The Morgan fingerprint density at radius 1 is 1.06 bits per heavy atom. The van der Waals surface area contributed by atoms with E-state index >= 15 is 0 Å². The molecule has 0 bridgehead atoms. The van der Waals surface area contributed by atoms with Crippen molar-refractivity contribution in [3.05, 3.63) is 77.1 Å². The zero-order valence-electron chi connectivity index (χ0n) is 18.7. The van der Waals surface area contributed by atoms with Gasteiger partial charge in [0.2, 0.25) is 0 Å². The van der Waals surface area contributed by atoms with E-state index in [9.17, 15) is 26.0 Å². The van der Waals surface area contributed by atoms with Gasteiger partial charge in [-0.25, -0.2) is 22.8 Å². The number of aryl methyl sites for hydroxylation is 2. The van der Waals surface area contributed by atoms with E-state index in [0.717, 1.165) is 24.1 Å². The largest absolute Gasteiger partial charge is 0.489 e. The number of sulfone groups is 1. The topological polar surface area (TPSA) is 69.2 Å². The minimum absolute atomic E-state index is 0.0327. The van der Waals surface area contributed by atoms with Gasteiger partial charge < -0.3 is 4.74 Å². The van der Waals surface area contributed by atoms with E-state index in [4.69, 9.17) is 4.74 Å². The normalized spacial score (nSPS) is 12.1. The van der Waals surface area contributed by atoms with Crippen LogP contribution in [0.1, 0.15) is 35.5 Å². The van der Waals surface area contributed by atoms with Crippen molar-refractivity contribution in [3.8, 4) is 16.9 Å². The number of aromatic nitrogens is 2. The Hall–Kier alpha value is -3.01. The van der Waals surface area contributed by atoms with Crippen LogP contribution in [-0.4, -0.2) is 30.4 Å². The van der Waals surface area contributed by atoms with Crippen LogP contribution in [0.3, 0.4) is 0 Å². The van der Waals surface area contributed by atoms with Crippen LogP contribution in [0.2, 0.25) is 0 Å². The maximum absolute atomic E-state index is 14.3. The van der Waals surface area contributed by atoms with Crippen LogP contribution in [0.25, 0.3) is 11.1 Å². The second-order valence-electron chi connectivity index (χ2n) is 8.04. The molecule has 0 atom stereocenters. The lowest BCUT2D eigenvalue weighted by Gasteiger charge is -2.14. The molecule has 3 aromatic rings. The molecule has 0 radical (unpaired) electrons. The Labute approximate surface area is 195 Å². The summed E-state index contributed by atoms with van der Waals surface area (Å²) < 4.78 is 83.7. The van der Waals surface area contributed by atoms with Crippen LogP contribution >= 0.6 is 0 Å². The maximum Gasteiger partial charge on any atom is 0.434 e. The summed E-state index contributed by atoms with van der Waals surface area (Å²) in [5.74, 6) is -0.174. The number of benzene rings is 2. The molecule has 2 aromatic carbocycles. The summed E-state index contributed by atoms with van der Waals surface area (Å²) in [4.78, 5) is 7.73. The second-order valence-corrected chi connectivity index (χ2v) is 10.3. The molecule has 1 aromatic heterocycles. The Morgan fingerprint density at radius 2 is 1.82 bits per heavy atom. The summed E-state index contributed by atoms with van der Waals surface area (Å²) in [5, 5.41) is 0. The summed E-state index contributed by atoms with van der Waals surface area (Å²) >= 11 is 0. The van der Waals surface area contributed by atoms with Crippen LogP contribution in [0.5, 0.6) is 5.75 Å². The molecule has 0 saturated heterocycles. The van der Waals surface area contributed by atoms with E-state index in [1.807, 2.05) is 13.0 Å². The zero-order chi connectivity index (χ0) is 24.9. The average Bonchev–Trinajstić information content (AvgIpc) is 2.75. The van der Waals surface area contributed by atoms with Gasteiger partial charge in [-0.1, -0.05) is 18.2 Å². The predicted molar refractivity (Wildman–Crippen MR) is 121 cm³/mol. The number of nitrogens with zero attached hydrogens (tertiary/aromatic N) is 2. The summed E-state index contributed by atoms with van der Waals surface area (Å²) in [6, 6.07) is 10.8. The van der Waals surface area contributed by atoms with Gasteiger partial charge in [-0.3, -0.25) is 0 Å². The molecule has 0 spiro atoms. The number of hydrogen-bond donors (Lipinski definition) is 0. The molecule has 0 amide bonds. The van der Waals surface area contributed by atoms with Gasteiger partial charge in [0.25, 0.3) is 0 Å². The molecule has 0 aliphatic heterocycles. The molecule has 0 N–H and O–H groups in total. The highest BCUT2D eigenvalue weighted by Crippen LogP contribution is 2.36. The molecular formula is C24H24F4N2O3S. The number of hydrogen-bond acceptors (Lipinski definition) is 5. The molecule has 34 heavy (non-hydrogen) atoms. The fourth-order valence-corrected chi connectivity index (χ4v) is 4.06. The van der Waals surface area contributed by atoms with Crippen LogP contribution < -0.4 is 4.74 Å². The molecule has 0 aliphatic carbocycles. The van der Waals surface area contributed by atoms with Crippen molar-refractivity contribution >= 4 is 9.84 Å². The highest BCUT2D eigenvalue weighted by Gasteiger charge is 2.36. The summed E-state index contributed by atoms with van der Waals surface area (Å²) in [6.07, 6.45) is -1.85. The van der Waals surface area contributed by atoms with Crippen LogP contribution in [-0.2, 0) is 29.0 Å². The third kappa shape index (κ3) is 7.24. The number of halogens is 4. The number of rotatable bonds is 9. The monoisotopic (exact) mass is 496 g/mol. The van der Waals surface area contributed by atoms with Gasteiger partial charge in [-0.2, -0.15) is 13.2 Å². The third-order valence-electron chi connectivity index (χ3n) is 5.01. The van der Waals surface area contributed by atoms with Gasteiger partial charge in [-0.15, -0.1) is 0 Å². The SMILES string of the molecule is Cc1cccc(OCc2cc(-c3cnc(CCCCS(C)(=O)=O)nc3C(F)(F)F)ccc2F)c1. The Kier molecular flexibility index (Phi) is 7.91. The van der Waals surface area contributed by atoms with E-state index in [0.29, 0.717) is 18.6 Å². The van der Waals surface area contributed by atoms with Gasteiger partial charge >= 0.3 is 6.18 Å². The van der Waals surface area contributed by atoms with Crippen molar-refractivity contribution < 1.29 is 30.7 Å². The van der Waals surface area contributed by atoms with Gasteiger partial charge in [0.1, 0.15) is 33.8 Å². The van der Waals surface area contributed by atoms with Crippen molar-refractivity contribution in [3.63, 3.8) is 0 Å². The van der Waals surface area contributed by atoms with Crippen LogP contribution in [0.15, 0.2) is 48.7 Å². The van der Waals surface area contributed by atoms with Crippen LogP contribution in [0, 0.1) is 12.7 Å². The van der Waals surface area contributed by atoms with E-state index in [2.05, 4.69) is 9.97 Å². The Balaban J connectivity index is 1.84. The van der Waals surface area contributed by atoms with Crippen molar-refractivity contribution in [1.82, 2.24) is 9.97 Å². The number of alkyl halides is 3. The molecule has 0 aliphatic rings. The highest BCUT2D eigenvalue weighted by molar-refractivity contribution is 7.90. The second kappa shape index (κ2) is 10.5. The van der Waals surface area contributed by atoms with E-state index < -0.39 is 27.5 Å². The third-order valence-corrected chi connectivity index (χ3v) is 6.04. The first kappa shape index (κ1) is 25.6. The fraction of sp³-hybridized carbons (Fsp3) is 0.333. The van der Waals surface area contributed by atoms with Gasteiger partial charge in [0, 0.05) is 35.8 Å². The lowest BCUT2D eigenvalue weighted by atomic mass is 10.0. The predicted octanol–water partition coefficient (Wildman–Crippen LogP) is 5.56. The first-order chi connectivity index (χ1) is 15.9. The van der Waals surface area contributed by atoms with E-state index in [1.54, 1.807) is 18.2 Å². The maximum atomic E-state index is 14.3. The highest BCUT2D eigenvalue weighted by atomic mass is 32.2. The van der Waals surface area contributed by atoms with Crippen molar-refractivity contribution in [2.45, 2.75) is 39.0 Å². The number of ether oxygens (including phenoxy) is 1. The summed E-state index contributed by atoms with van der Waals surface area (Å²) in [5.41, 5.74) is -0.241. The van der Waals surface area contributed by atoms with Crippen molar-refractivity contribution in [1.29, 1.82) is 0 Å². The van der Waals surface area contributed by atoms with Crippen LogP contribution in [0.4, 0.5) is 17.6 Å². The lowest BCUT2D eigenvalue weighted by molar-refractivity contribution is -0.140. The first-order valence-corrected chi connectivity index (χ1v) is 12.6. The molecule has 1 heterocycles. The minimum atomic E-state index is -4.76. The Bertz CT molecular complexity index is 1260. The first-order valence-electron chi connectivity index (χ1n) is 10.5. The molecule has 182 valence electrons.